The van der Waals surface area contributed by atoms with Crippen molar-refractivity contribution >= 4 is 11.8 Å². The van der Waals surface area contributed by atoms with Crippen molar-refractivity contribution in [1.82, 2.24) is 10.1 Å². The largest absolute Gasteiger partial charge is 0.340 e. The van der Waals surface area contributed by atoms with Crippen LogP contribution in [0.3, 0.4) is 0 Å². The summed E-state index contributed by atoms with van der Waals surface area (Å²) in [6.45, 7) is 12.8. The Morgan fingerprint density at radius 3 is 2.39 bits per heavy atom. The van der Waals surface area contributed by atoms with E-state index < -0.39 is 0 Å². The molecular formula is C23H33N3O2. The minimum atomic E-state index is -0.0353. The first-order chi connectivity index (χ1) is 13.4. The second kappa shape index (κ2) is 8.80. The molecule has 1 aromatic carbocycles. The highest BCUT2D eigenvalue weighted by Crippen LogP contribution is 2.35. The normalized spacial score (nSPS) is 15.3. The van der Waals surface area contributed by atoms with Crippen LogP contribution in [0.2, 0.25) is 0 Å². The molecule has 1 aliphatic rings. The Bertz CT molecular complexity index is 789. The topological polar surface area (TPSA) is 49.6 Å². The van der Waals surface area contributed by atoms with E-state index in [9.17, 15) is 4.79 Å². The lowest BCUT2D eigenvalue weighted by Gasteiger charge is -2.31. The maximum atomic E-state index is 13.0. The van der Waals surface area contributed by atoms with E-state index in [4.69, 9.17) is 4.52 Å². The van der Waals surface area contributed by atoms with Crippen molar-refractivity contribution in [2.24, 2.45) is 5.92 Å². The highest BCUT2D eigenvalue weighted by molar-refractivity contribution is 5.79. The van der Waals surface area contributed by atoms with Gasteiger partial charge in [0.25, 0.3) is 0 Å². The van der Waals surface area contributed by atoms with Crippen molar-refractivity contribution in [3.8, 4) is 11.3 Å². The van der Waals surface area contributed by atoms with Crippen LogP contribution in [0.15, 0.2) is 28.8 Å². The molecule has 0 N–H and O–H groups in total. The SMILES string of the molecule is CC[C@@H](C)N(Cc1c(-c2ccc(C)cc2)noc1N1CCCC1)C(=O)C(C)C. The first kappa shape index (κ1) is 20.4. The summed E-state index contributed by atoms with van der Waals surface area (Å²) in [5.41, 5.74) is 4.13. The Kier molecular flexibility index (Phi) is 6.42. The fraction of sp³-hybridized carbons (Fsp3) is 0.565. The average Bonchev–Trinajstić information content (AvgIpc) is 3.35. The van der Waals surface area contributed by atoms with E-state index in [1.54, 1.807) is 0 Å². The van der Waals surface area contributed by atoms with Crippen LogP contribution < -0.4 is 4.90 Å². The summed E-state index contributed by atoms with van der Waals surface area (Å²) in [7, 11) is 0. The molecule has 1 aromatic heterocycles. The van der Waals surface area contributed by atoms with Gasteiger partial charge in [-0.15, -0.1) is 0 Å². The van der Waals surface area contributed by atoms with Crippen LogP contribution in [0.1, 0.15) is 58.1 Å². The molecule has 1 atom stereocenters. The highest BCUT2D eigenvalue weighted by atomic mass is 16.5. The zero-order valence-corrected chi connectivity index (χ0v) is 17.9. The number of hydrogen-bond donors (Lipinski definition) is 0. The number of aromatic nitrogens is 1. The molecule has 0 saturated carbocycles. The van der Waals surface area contributed by atoms with Crippen LogP contribution in [0.4, 0.5) is 5.88 Å². The molecule has 2 aromatic rings. The van der Waals surface area contributed by atoms with Crippen LogP contribution in [-0.2, 0) is 11.3 Å². The lowest BCUT2D eigenvalue weighted by atomic mass is 10.0. The van der Waals surface area contributed by atoms with Crippen molar-refractivity contribution in [2.75, 3.05) is 18.0 Å². The molecular weight excluding hydrogens is 350 g/mol. The Hall–Kier alpha value is -2.30. The standard InChI is InChI=1S/C23H33N3O2/c1-6-18(5)26(22(27)16(2)3)15-20-21(19-11-9-17(4)10-12-19)24-28-23(20)25-13-7-8-14-25/h9-12,16,18H,6-8,13-15H2,1-5H3/t18-/m1/s1. The van der Waals surface area contributed by atoms with E-state index in [-0.39, 0.29) is 17.9 Å². The minimum Gasteiger partial charge on any atom is -0.340 e. The number of hydrogen-bond acceptors (Lipinski definition) is 4. The summed E-state index contributed by atoms with van der Waals surface area (Å²) in [5.74, 6) is 0.975. The minimum absolute atomic E-state index is 0.0353. The van der Waals surface area contributed by atoms with Crippen molar-refractivity contribution in [2.45, 2.75) is 66.5 Å². The molecule has 3 rings (SSSR count). The van der Waals surface area contributed by atoms with E-state index in [1.165, 1.54) is 18.4 Å². The maximum Gasteiger partial charge on any atom is 0.232 e. The van der Waals surface area contributed by atoms with Gasteiger partial charge in [0.15, 0.2) is 0 Å². The molecule has 0 radical (unpaired) electrons. The lowest BCUT2D eigenvalue weighted by Crippen LogP contribution is -2.40. The summed E-state index contributed by atoms with van der Waals surface area (Å²) >= 11 is 0. The van der Waals surface area contributed by atoms with E-state index in [0.717, 1.165) is 42.2 Å². The molecule has 28 heavy (non-hydrogen) atoms. The van der Waals surface area contributed by atoms with Crippen LogP contribution in [-0.4, -0.2) is 35.1 Å². The van der Waals surface area contributed by atoms with Gasteiger partial charge in [0.05, 0.1) is 12.1 Å². The Balaban J connectivity index is 2.03. The maximum absolute atomic E-state index is 13.0. The van der Waals surface area contributed by atoms with Crippen LogP contribution in [0.25, 0.3) is 11.3 Å². The Labute approximate surface area is 168 Å². The second-order valence-electron chi connectivity index (χ2n) is 8.25. The summed E-state index contributed by atoms with van der Waals surface area (Å²) in [6.07, 6.45) is 3.25. The molecule has 5 heteroatoms. The molecule has 5 nitrogen and oxygen atoms in total. The number of carbonyl (C=O) groups excluding carboxylic acids is 1. The molecule has 1 aliphatic heterocycles. The van der Waals surface area contributed by atoms with E-state index in [0.29, 0.717) is 6.54 Å². The van der Waals surface area contributed by atoms with Crippen LogP contribution >= 0.6 is 0 Å². The molecule has 1 saturated heterocycles. The number of amides is 1. The van der Waals surface area contributed by atoms with Crippen molar-refractivity contribution in [3.05, 3.63) is 35.4 Å². The second-order valence-corrected chi connectivity index (χ2v) is 8.25. The smallest absolute Gasteiger partial charge is 0.232 e. The van der Waals surface area contributed by atoms with Gasteiger partial charge in [0.1, 0.15) is 5.69 Å². The van der Waals surface area contributed by atoms with Gasteiger partial charge in [-0.3, -0.25) is 4.79 Å². The third-order valence-corrected chi connectivity index (χ3v) is 5.71. The van der Waals surface area contributed by atoms with Crippen LogP contribution in [0.5, 0.6) is 0 Å². The molecule has 0 spiro atoms. The monoisotopic (exact) mass is 383 g/mol. The number of nitrogens with zero attached hydrogens (tertiary/aromatic N) is 3. The first-order valence-electron chi connectivity index (χ1n) is 10.5. The highest BCUT2D eigenvalue weighted by Gasteiger charge is 2.29. The summed E-state index contributed by atoms with van der Waals surface area (Å²) in [5, 5.41) is 4.45. The van der Waals surface area contributed by atoms with Gasteiger partial charge in [-0.2, -0.15) is 0 Å². The van der Waals surface area contributed by atoms with E-state index in [2.05, 4.69) is 55.1 Å². The Morgan fingerprint density at radius 1 is 1.18 bits per heavy atom. The number of aryl methyl sites for hydroxylation is 1. The van der Waals surface area contributed by atoms with E-state index >= 15 is 0 Å². The lowest BCUT2D eigenvalue weighted by molar-refractivity contribution is -0.137. The summed E-state index contributed by atoms with van der Waals surface area (Å²) in [4.78, 5) is 17.2. The predicted octanol–water partition coefficient (Wildman–Crippen LogP) is 5.03. The number of benzene rings is 1. The van der Waals surface area contributed by atoms with Gasteiger partial charge >= 0.3 is 0 Å². The fourth-order valence-corrected chi connectivity index (χ4v) is 3.72. The Morgan fingerprint density at radius 2 is 1.82 bits per heavy atom. The zero-order valence-electron chi connectivity index (χ0n) is 17.9. The number of carbonyl (C=O) groups is 1. The van der Waals surface area contributed by atoms with E-state index in [1.807, 2.05) is 18.7 Å². The molecule has 0 unspecified atom stereocenters. The zero-order chi connectivity index (χ0) is 20.3. The molecule has 2 heterocycles. The fourth-order valence-electron chi connectivity index (χ4n) is 3.72. The van der Waals surface area contributed by atoms with Crippen molar-refractivity contribution in [1.29, 1.82) is 0 Å². The third kappa shape index (κ3) is 4.23. The van der Waals surface area contributed by atoms with Gasteiger partial charge in [-0.25, -0.2) is 0 Å². The summed E-state index contributed by atoms with van der Waals surface area (Å²) in [6, 6.07) is 8.52. The van der Waals surface area contributed by atoms with Crippen molar-refractivity contribution < 1.29 is 9.32 Å². The summed E-state index contributed by atoms with van der Waals surface area (Å²) < 4.78 is 5.86. The van der Waals surface area contributed by atoms with Gasteiger partial charge in [0.2, 0.25) is 11.8 Å². The van der Waals surface area contributed by atoms with Gasteiger partial charge < -0.3 is 14.3 Å². The van der Waals surface area contributed by atoms with Crippen LogP contribution in [0, 0.1) is 12.8 Å². The molecule has 152 valence electrons. The molecule has 0 aliphatic carbocycles. The quantitative estimate of drug-likeness (QED) is 0.672. The van der Waals surface area contributed by atoms with Gasteiger partial charge in [0, 0.05) is 30.6 Å². The number of anilines is 1. The van der Waals surface area contributed by atoms with Gasteiger partial charge in [-0.1, -0.05) is 55.8 Å². The van der Waals surface area contributed by atoms with Crippen molar-refractivity contribution in [3.63, 3.8) is 0 Å². The third-order valence-electron chi connectivity index (χ3n) is 5.71. The number of rotatable bonds is 7. The predicted molar refractivity (Wildman–Crippen MR) is 113 cm³/mol. The first-order valence-corrected chi connectivity index (χ1v) is 10.5. The molecule has 1 amide bonds. The molecule has 0 bridgehead atoms. The van der Waals surface area contributed by atoms with Gasteiger partial charge in [-0.05, 0) is 33.1 Å². The molecule has 1 fully saturated rings. The average molecular weight is 384 g/mol.